The lowest BCUT2D eigenvalue weighted by atomic mass is 10.1. The van der Waals surface area contributed by atoms with Gasteiger partial charge in [0.1, 0.15) is 6.61 Å². The van der Waals surface area contributed by atoms with Gasteiger partial charge in [-0.25, -0.2) is 9.59 Å². The van der Waals surface area contributed by atoms with Gasteiger partial charge in [-0.2, -0.15) is 0 Å². The third-order valence-corrected chi connectivity index (χ3v) is 2.43. The molecule has 0 heterocycles. The van der Waals surface area contributed by atoms with Crippen LogP contribution in [-0.4, -0.2) is 23.2 Å². The lowest BCUT2D eigenvalue weighted by Crippen LogP contribution is -2.33. The van der Waals surface area contributed by atoms with Crippen molar-refractivity contribution in [1.82, 2.24) is 5.32 Å². The predicted molar refractivity (Wildman–Crippen MR) is 70.6 cm³/mol. The summed E-state index contributed by atoms with van der Waals surface area (Å²) in [5, 5.41) is 11.2. The summed E-state index contributed by atoms with van der Waals surface area (Å²) < 4.78 is 5.01. The number of carbonyl (C=O) groups excluding carboxylic acids is 1. The number of carboxylic acid groups (broad SMARTS) is 1. The number of amides is 1. The van der Waals surface area contributed by atoms with E-state index in [1.165, 1.54) is 0 Å². The van der Waals surface area contributed by atoms with Crippen LogP contribution in [0.2, 0.25) is 0 Å². The van der Waals surface area contributed by atoms with Gasteiger partial charge in [0.2, 0.25) is 0 Å². The van der Waals surface area contributed by atoms with Crippen LogP contribution < -0.4 is 5.32 Å². The molecule has 1 amide bonds. The Hall–Kier alpha value is -2.30. The number of alkyl carbamates (subject to hydrolysis) is 1. The van der Waals surface area contributed by atoms with Gasteiger partial charge in [-0.1, -0.05) is 36.9 Å². The summed E-state index contributed by atoms with van der Waals surface area (Å²) in [6.07, 6.45) is -0.398. The van der Waals surface area contributed by atoms with Crippen LogP contribution in [0, 0.1) is 0 Å². The van der Waals surface area contributed by atoms with Gasteiger partial charge in [0, 0.05) is 11.6 Å². The molecule has 1 aromatic carbocycles. The van der Waals surface area contributed by atoms with E-state index < -0.39 is 12.1 Å². The van der Waals surface area contributed by atoms with Gasteiger partial charge in [0.05, 0.1) is 0 Å². The molecule has 0 saturated carbocycles. The fourth-order valence-electron chi connectivity index (χ4n) is 1.47. The quantitative estimate of drug-likeness (QED) is 0.772. The first kappa shape index (κ1) is 14.8. The number of ether oxygens (including phenoxy) is 1. The molecule has 0 aliphatic heterocycles. The van der Waals surface area contributed by atoms with Crippen LogP contribution in [0.15, 0.2) is 42.5 Å². The molecule has 0 saturated heterocycles. The number of nitrogens with one attached hydrogen (secondary N) is 1. The van der Waals surface area contributed by atoms with Crippen LogP contribution in [0.5, 0.6) is 0 Å². The summed E-state index contributed by atoms with van der Waals surface area (Å²) in [5.74, 6) is -1.06. The average Bonchev–Trinajstić information content (AvgIpc) is 2.37. The second kappa shape index (κ2) is 7.20. The highest BCUT2D eigenvalue weighted by molar-refractivity contribution is 5.85. The van der Waals surface area contributed by atoms with Gasteiger partial charge in [-0.05, 0) is 18.9 Å². The molecule has 0 fully saturated rings. The van der Waals surface area contributed by atoms with Crippen molar-refractivity contribution in [2.45, 2.75) is 26.0 Å². The Balaban J connectivity index is 2.31. The number of hydrogen-bond donors (Lipinski definition) is 2. The highest BCUT2D eigenvalue weighted by Crippen LogP contribution is 2.04. The van der Waals surface area contributed by atoms with Crippen molar-refractivity contribution in [3.05, 3.63) is 48.0 Å². The third-order valence-electron chi connectivity index (χ3n) is 2.43. The molecule has 1 atom stereocenters. The van der Waals surface area contributed by atoms with Gasteiger partial charge in [0.15, 0.2) is 0 Å². The van der Waals surface area contributed by atoms with Crippen molar-refractivity contribution in [2.75, 3.05) is 0 Å². The number of rotatable bonds is 6. The third kappa shape index (κ3) is 5.72. The molecule has 0 bridgehead atoms. The van der Waals surface area contributed by atoms with Crippen molar-refractivity contribution in [2.24, 2.45) is 0 Å². The molecule has 0 spiro atoms. The van der Waals surface area contributed by atoms with E-state index in [0.717, 1.165) is 5.56 Å². The second-order valence-electron chi connectivity index (χ2n) is 4.22. The molecule has 0 aliphatic carbocycles. The maximum Gasteiger partial charge on any atom is 0.407 e. The monoisotopic (exact) mass is 263 g/mol. The summed E-state index contributed by atoms with van der Waals surface area (Å²) in [7, 11) is 0. The molecule has 2 N–H and O–H groups in total. The highest BCUT2D eigenvalue weighted by Gasteiger charge is 2.13. The second-order valence-corrected chi connectivity index (χ2v) is 4.22. The summed E-state index contributed by atoms with van der Waals surface area (Å²) in [4.78, 5) is 22.1. The zero-order valence-corrected chi connectivity index (χ0v) is 10.8. The molecular weight excluding hydrogens is 246 g/mol. The molecule has 0 radical (unpaired) electrons. The first-order chi connectivity index (χ1) is 8.99. The van der Waals surface area contributed by atoms with Crippen molar-refractivity contribution in [3.63, 3.8) is 0 Å². The maximum atomic E-state index is 11.5. The minimum Gasteiger partial charge on any atom is -0.478 e. The number of benzene rings is 1. The Morgan fingerprint density at radius 2 is 2.00 bits per heavy atom. The van der Waals surface area contributed by atoms with Crippen LogP contribution in [0.3, 0.4) is 0 Å². The molecule has 0 unspecified atom stereocenters. The summed E-state index contributed by atoms with van der Waals surface area (Å²) in [5.41, 5.74) is 0.941. The van der Waals surface area contributed by atoms with Gasteiger partial charge in [-0.3, -0.25) is 0 Å². The molecule has 5 heteroatoms. The van der Waals surface area contributed by atoms with Crippen molar-refractivity contribution < 1.29 is 19.4 Å². The topological polar surface area (TPSA) is 75.6 Å². The molecule has 5 nitrogen and oxygen atoms in total. The SMILES string of the molecule is C=C(C[C@H](C)NC(=O)OCc1ccccc1)C(=O)O. The Labute approximate surface area is 111 Å². The van der Waals surface area contributed by atoms with E-state index in [9.17, 15) is 9.59 Å². The van der Waals surface area contributed by atoms with Gasteiger partial charge in [-0.15, -0.1) is 0 Å². The first-order valence-electron chi connectivity index (χ1n) is 5.87. The fraction of sp³-hybridized carbons (Fsp3) is 0.286. The molecule has 1 aromatic rings. The van der Waals surface area contributed by atoms with E-state index in [-0.39, 0.29) is 24.6 Å². The van der Waals surface area contributed by atoms with Crippen LogP contribution in [0.4, 0.5) is 4.79 Å². The first-order valence-corrected chi connectivity index (χ1v) is 5.87. The Morgan fingerprint density at radius 1 is 1.37 bits per heavy atom. The standard InChI is InChI=1S/C14H17NO4/c1-10(13(16)17)8-11(2)15-14(18)19-9-12-6-4-3-5-7-12/h3-7,11H,1,8-9H2,2H3,(H,15,18)(H,16,17)/t11-/m0/s1. The van der Waals surface area contributed by atoms with E-state index in [1.54, 1.807) is 6.92 Å². The number of carbonyl (C=O) groups is 2. The zero-order chi connectivity index (χ0) is 14.3. The number of hydrogen-bond acceptors (Lipinski definition) is 3. The fourth-order valence-corrected chi connectivity index (χ4v) is 1.47. The van der Waals surface area contributed by atoms with Crippen LogP contribution in [-0.2, 0) is 16.1 Å². The van der Waals surface area contributed by atoms with Crippen LogP contribution in [0.1, 0.15) is 18.9 Å². The lowest BCUT2D eigenvalue weighted by molar-refractivity contribution is -0.132. The van der Waals surface area contributed by atoms with E-state index in [1.807, 2.05) is 30.3 Å². The zero-order valence-electron chi connectivity index (χ0n) is 10.8. The molecule has 102 valence electrons. The number of aliphatic carboxylic acids is 1. The predicted octanol–water partition coefficient (Wildman–Crippen LogP) is 2.33. The Morgan fingerprint density at radius 3 is 2.58 bits per heavy atom. The maximum absolute atomic E-state index is 11.5. The van der Waals surface area contributed by atoms with Crippen LogP contribution >= 0.6 is 0 Å². The summed E-state index contributed by atoms with van der Waals surface area (Å²) in [6, 6.07) is 8.95. The average molecular weight is 263 g/mol. The van der Waals surface area contributed by atoms with Gasteiger partial charge in [0.25, 0.3) is 0 Å². The number of carboxylic acids is 1. The summed E-state index contributed by atoms with van der Waals surface area (Å²) in [6.45, 7) is 5.28. The minimum absolute atomic E-state index is 0.0517. The van der Waals surface area contributed by atoms with Crippen LogP contribution in [0.25, 0.3) is 0 Å². The van der Waals surface area contributed by atoms with Gasteiger partial charge < -0.3 is 15.2 Å². The molecule has 0 aliphatic rings. The van der Waals surface area contributed by atoms with E-state index in [4.69, 9.17) is 9.84 Å². The van der Waals surface area contributed by atoms with E-state index >= 15 is 0 Å². The molecule has 1 rings (SSSR count). The largest absolute Gasteiger partial charge is 0.478 e. The Kier molecular flexibility index (Phi) is 5.60. The van der Waals surface area contributed by atoms with Gasteiger partial charge >= 0.3 is 12.1 Å². The van der Waals surface area contributed by atoms with Crippen molar-refractivity contribution in [1.29, 1.82) is 0 Å². The normalized spacial score (nSPS) is 11.4. The summed E-state index contributed by atoms with van der Waals surface area (Å²) >= 11 is 0. The lowest BCUT2D eigenvalue weighted by Gasteiger charge is -2.13. The van der Waals surface area contributed by atoms with E-state index in [0.29, 0.717) is 0 Å². The minimum atomic E-state index is -1.06. The molecular formula is C14H17NO4. The molecule has 19 heavy (non-hydrogen) atoms. The Bertz CT molecular complexity index is 456. The smallest absolute Gasteiger partial charge is 0.407 e. The highest BCUT2D eigenvalue weighted by atomic mass is 16.5. The molecule has 0 aromatic heterocycles. The van der Waals surface area contributed by atoms with E-state index in [2.05, 4.69) is 11.9 Å². The van der Waals surface area contributed by atoms with Crippen molar-refractivity contribution in [3.8, 4) is 0 Å². The van der Waals surface area contributed by atoms with Crippen molar-refractivity contribution >= 4 is 12.1 Å².